The molecule has 0 aliphatic carbocycles. The van der Waals surface area contributed by atoms with Gasteiger partial charge < -0.3 is 19.5 Å². The number of methoxy groups -OCH3 is 2. The van der Waals surface area contributed by atoms with Gasteiger partial charge in [-0.25, -0.2) is 0 Å². The summed E-state index contributed by atoms with van der Waals surface area (Å²) in [7, 11) is 3.19. The van der Waals surface area contributed by atoms with E-state index in [0.717, 1.165) is 0 Å². The van der Waals surface area contributed by atoms with Crippen molar-refractivity contribution in [3.63, 3.8) is 0 Å². The molecule has 0 fully saturated rings. The maximum atomic E-state index is 11.6. The van der Waals surface area contributed by atoms with Crippen molar-refractivity contribution in [2.24, 2.45) is 5.92 Å². The van der Waals surface area contributed by atoms with Gasteiger partial charge in [0, 0.05) is 24.8 Å². The molecule has 0 unspecified atom stereocenters. The van der Waals surface area contributed by atoms with E-state index >= 15 is 0 Å². The smallest absolute Gasteiger partial charge is 0.226 e. The molecule has 106 valence electrons. The molecule has 0 saturated heterocycles. The number of benzene rings is 1. The van der Waals surface area contributed by atoms with Crippen LogP contribution in [0.15, 0.2) is 18.2 Å². The minimum absolute atomic E-state index is 0.0343. The molecule has 0 atom stereocenters. The number of rotatable bonds is 7. The van der Waals surface area contributed by atoms with Gasteiger partial charge in [-0.15, -0.1) is 0 Å². The van der Waals surface area contributed by atoms with Crippen LogP contribution < -0.4 is 14.8 Å². The first kappa shape index (κ1) is 15.3. The summed E-state index contributed by atoms with van der Waals surface area (Å²) >= 11 is 0. The minimum Gasteiger partial charge on any atom is -0.493 e. The van der Waals surface area contributed by atoms with Crippen molar-refractivity contribution in [2.45, 2.75) is 13.8 Å². The molecule has 0 aliphatic heterocycles. The zero-order valence-electron chi connectivity index (χ0n) is 11.9. The highest BCUT2D eigenvalue weighted by Crippen LogP contribution is 2.30. The molecular formula is C14H21NO4. The Morgan fingerprint density at radius 1 is 1.21 bits per heavy atom. The van der Waals surface area contributed by atoms with Crippen molar-refractivity contribution in [1.82, 2.24) is 0 Å². The van der Waals surface area contributed by atoms with Crippen molar-refractivity contribution in [3.05, 3.63) is 18.2 Å². The average molecular weight is 267 g/mol. The monoisotopic (exact) mass is 267 g/mol. The lowest BCUT2D eigenvalue weighted by atomic mass is 10.2. The number of ether oxygens (including phenoxy) is 3. The zero-order valence-corrected chi connectivity index (χ0v) is 11.9. The quantitative estimate of drug-likeness (QED) is 0.770. The molecule has 0 radical (unpaired) electrons. The van der Waals surface area contributed by atoms with Crippen LogP contribution in [0.2, 0.25) is 0 Å². The lowest BCUT2D eigenvalue weighted by Crippen LogP contribution is -2.17. The first-order chi connectivity index (χ1) is 9.08. The molecule has 5 nitrogen and oxygen atoms in total. The largest absolute Gasteiger partial charge is 0.493 e. The summed E-state index contributed by atoms with van der Waals surface area (Å²) in [5, 5.41) is 2.82. The molecule has 0 bridgehead atoms. The standard InChI is InChI=1S/C14H21NO4/c1-10(2)14(16)15-11-5-6-12(18-4)13(9-11)19-8-7-17-3/h5-6,9-10H,7-8H2,1-4H3,(H,15,16). The molecule has 1 rings (SSSR count). The van der Waals surface area contributed by atoms with Gasteiger partial charge in [0.25, 0.3) is 0 Å². The minimum atomic E-state index is -0.0695. The number of carbonyl (C=O) groups excluding carboxylic acids is 1. The van der Waals surface area contributed by atoms with E-state index < -0.39 is 0 Å². The van der Waals surface area contributed by atoms with E-state index in [-0.39, 0.29) is 11.8 Å². The molecule has 1 aromatic carbocycles. The Morgan fingerprint density at radius 3 is 2.53 bits per heavy atom. The normalized spacial score (nSPS) is 10.4. The van der Waals surface area contributed by atoms with Crippen molar-refractivity contribution >= 4 is 11.6 Å². The van der Waals surface area contributed by atoms with Gasteiger partial charge in [-0.1, -0.05) is 13.8 Å². The fourth-order valence-corrected chi connectivity index (χ4v) is 1.39. The van der Waals surface area contributed by atoms with Gasteiger partial charge in [0.1, 0.15) is 6.61 Å². The van der Waals surface area contributed by atoms with Crippen LogP contribution in [0.25, 0.3) is 0 Å². The van der Waals surface area contributed by atoms with Crippen LogP contribution in [-0.2, 0) is 9.53 Å². The van der Waals surface area contributed by atoms with Gasteiger partial charge >= 0.3 is 0 Å². The van der Waals surface area contributed by atoms with E-state index in [2.05, 4.69) is 5.32 Å². The number of anilines is 1. The summed E-state index contributed by atoms with van der Waals surface area (Å²) in [4.78, 5) is 11.6. The zero-order chi connectivity index (χ0) is 14.3. The molecule has 1 aromatic rings. The molecule has 0 aliphatic rings. The molecule has 0 heterocycles. The van der Waals surface area contributed by atoms with E-state index in [1.165, 1.54) is 0 Å². The second-order valence-corrected chi connectivity index (χ2v) is 4.35. The number of carbonyl (C=O) groups is 1. The van der Waals surface area contributed by atoms with Gasteiger partial charge in [-0.05, 0) is 12.1 Å². The van der Waals surface area contributed by atoms with Gasteiger partial charge in [-0.3, -0.25) is 4.79 Å². The summed E-state index contributed by atoms with van der Waals surface area (Å²) in [6, 6.07) is 5.29. The van der Waals surface area contributed by atoms with Gasteiger partial charge in [0.15, 0.2) is 11.5 Å². The predicted octanol–water partition coefficient (Wildman–Crippen LogP) is 2.31. The molecule has 1 N–H and O–H groups in total. The third-order valence-electron chi connectivity index (χ3n) is 2.50. The summed E-state index contributed by atoms with van der Waals surface area (Å²) in [6.07, 6.45) is 0. The molecule has 19 heavy (non-hydrogen) atoms. The second kappa shape index (κ2) is 7.63. The summed E-state index contributed by atoms with van der Waals surface area (Å²) in [6.45, 7) is 4.60. The molecular weight excluding hydrogens is 246 g/mol. The average Bonchev–Trinajstić information content (AvgIpc) is 2.39. The van der Waals surface area contributed by atoms with Crippen molar-refractivity contribution < 1.29 is 19.0 Å². The third kappa shape index (κ3) is 4.79. The van der Waals surface area contributed by atoms with Crippen molar-refractivity contribution in [1.29, 1.82) is 0 Å². The van der Waals surface area contributed by atoms with Crippen LogP contribution in [0, 0.1) is 5.92 Å². The van der Waals surface area contributed by atoms with E-state index in [1.807, 2.05) is 13.8 Å². The number of hydrogen-bond acceptors (Lipinski definition) is 4. The molecule has 0 spiro atoms. The fourth-order valence-electron chi connectivity index (χ4n) is 1.39. The number of hydrogen-bond donors (Lipinski definition) is 1. The number of nitrogens with one attached hydrogen (secondary N) is 1. The van der Waals surface area contributed by atoms with Crippen LogP contribution >= 0.6 is 0 Å². The molecule has 5 heteroatoms. The van der Waals surface area contributed by atoms with Gasteiger partial charge in [0.05, 0.1) is 13.7 Å². The van der Waals surface area contributed by atoms with Crippen LogP contribution in [0.3, 0.4) is 0 Å². The highest BCUT2D eigenvalue weighted by atomic mass is 16.5. The third-order valence-corrected chi connectivity index (χ3v) is 2.50. The molecule has 0 aromatic heterocycles. The van der Waals surface area contributed by atoms with Crippen molar-refractivity contribution in [3.8, 4) is 11.5 Å². The molecule has 0 saturated carbocycles. The Morgan fingerprint density at radius 2 is 1.95 bits per heavy atom. The Hall–Kier alpha value is -1.75. The Balaban J connectivity index is 2.79. The highest BCUT2D eigenvalue weighted by Gasteiger charge is 2.10. The predicted molar refractivity (Wildman–Crippen MR) is 73.8 cm³/mol. The van der Waals surface area contributed by atoms with E-state index in [1.54, 1.807) is 32.4 Å². The topological polar surface area (TPSA) is 56.8 Å². The van der Waals surface area contributed by atoms with Crippen molar-refractivity contribution in [2.75, 3.05) is 32.8 Å². The lowest BCUT2D eigenvalue weighted by Gasteiger charge is -2.13. The Bertz CT molecular complexity index is 418. The first-order valence-corrected chi connectivity index (χ1v) is 6.19. The van der Waals surface area contributed by atoms with Crippen LogP contribution in [-0.4, -0.2) is 33.3 Å². The maximum absolute atomic E-state index is 11.6. The van der Waals surface area contributed by atoms with E-state index in [0.29, 0.717) is 30.4 Å². The Labute approximate surface area is 113 Å². The number of amides is 1. The summed E-state index contributed by atoms with van der Waals surface area (Å²) in [5.74, 6) is 1.10. The SMILES string of the molecule is COCCOc1cc(NC(=O)C(C)C)ccc1OC. The van der Waals surface area contributed by atoms with Gasteiger partial charge in [0.2, 0.25) is 5.91 Å². The van der Waals surface area contributed by atoms with Crippen LogP contribution in [0.5, 0.6) is 11.5 Å². The highest BCUT2D eigenvalue weighted by molar-refractivity contribution is 5.92. The summed E-state index contributed by atoms with van der Waals surface area (Å²) < 4.78 is 15.7. The lowest BCUT2D eigenvalue weighted by molar-refractivity contribution is -0.118. The second-order valence-electron chi connectivity index (χ2n) is 4.35. The Kier molecular flexibility index (Phi) is 6.15. The van der Waals surface area contributed by atoms with E-state index in [9.17, 15) is 4.79 Å². The van der Waals surface area contributed by atoms with Crippen LogP contribution in [0.1, 0.15) is 13.8 Å². The van der Waals surface area contributed by atoms with E-state index in [4.69, 9.17) is 14.2 Å². The summed E-state index contributed by atoms with van der Waals surface area (Å²) in [5.41, 5.74) is 0.687. The first-order valence-electron chi connectivity index (χ1n) is 6.19. The van der Waals surface area contributed by atoms with Crippen LogP contribution in [0.4, 0.5) is 5.69 Å². The maximum Gasteiger partial charge on any atom is 0.226 e. The molecule has 1 amide bonds. The van der Waals surface area contributed by atoms with Gasteiger partial charge in [-0.2, -0.15) is 0 Å². The fraction of sp³-hybridized carbons (Fsp3) is 0.500.